The monoisotopic (exact) mass is 192 g/mol. The predicted molar refractivity (Wildman–Crippen MR) is 56.5 cm³/mol. The molecule has 0 bridgehead atoms. The molecule has 0 aliphatic carbocycles. The highest BCUT2D eigenvalue weighted by molar-refractivity contribution is 5.91. The molecule has 2 nitrogen and oxygen atoms in total. The molecule has 0 heterocycles. The van der Waals surface area contributed by atoms with Crippen LogP contribution in [0.3, 0.4) is 0 Å². The first-order valence-electron chi connectivity index (χ1n) is 4.64. The van der Waals surface area contributed by atoms with Gasteiger partial charge in [-0.25, -0.2) is 4.79 Å². The molecule has 0 aromatic heterocycles. The second-order valence-corrected chi connectivity index (χ2v) is 4.29. The molecule has 2 heteroatoms. The Morgan fingerprint density at radius 1 is 1.21 bits per heavy atom. The third-order valence-electron chi connectivity index (χ3n) is 2.14. The number of methoxy groups -OCH3 is 1. The summed E-state index contributed by atoms with van der Waals surface area (Å²) in [6.07, 6.45) is 0. The van der Waals surface area contributed by atoms with Gasteiger partial charge in [-0.1, -0.05) is 39.0 Å². The van der Waals surface area contributed by atoms with Gasteiger partial charge >= 0.3 is 5.97 Å². The fourth-order valence-corrected chi connectivity index (χ4v) is 1.43. The van der Waals surface area contributed by atoms with Crippen molar-refractivity contribution < 1.29 is 9.53 Å². The third-order valence-corrected chi connectivity index (χ3v) is 2.14. The summed E-state index contributed by atoms with van der Waals surface area (Å²) in [6.45, 7) is 6.23. The number of carbonyl (C=O) groups excluding carboxylic acids is 1. The molecule has 0 atom stereocenters. The third kappa shape index (κ3) is 2.13. The van der Waals surface area contributed by atoms with Gasteiger partial charge in [-0.05, 0) is 17.0 Å². The minimum absolute atomic E-state index is 0.0369. The summed E-state index contributed by atoms with van der Waals surface area (Å²) in [5.41, 5.74) is 1.64. The smallest absolute Gasteiger partial charge is 0.338 e. The summed E-state index contributed by atoms with van der Waals surface area (Å²) >= 11 is 0. The van der Waals surface area contributed by atoms with E-state index in [1.165, 1.54) is 7.11 Å². The molecule has 0 amide bonds. The highest BCUT2D eigenvalue weighted by Gasteiger charge is 2.21. The summed E-state index contributed by atoms with van der Waals surface area (Å²) < 4.78 is 4.73. The van der Waals surface area contributed by atoms with Gasteiger partial charge in [-0.2, -0.15) is 0 Å². The van der Waals surface area contributed by atoms with Crippen LogP contribution in [0.4, 0.5) is 0 Å². The molecule has 1 aromatic carbocycles. The van der Waals surface area contributed by atoms with Crippen LogP contribution in [-0.4, -0.2) is 13.1 Å². The Morgan fingerprint density at radius 3 is 2.29 bits per heavy atom. The molecule has 0 aliphatic rings. The number of esters is 1. The maximum absolute atomic E-state index is 11.5. The number of hydrogen-bond donors (Lipinski definition) is 0. The predicted octanol–water partition coefficient (Wildman–Crippen LogP) is 2.77. The van der Waals surface area contributed by atoms with Crippen LogP contribution in [-0.2, 0) is 10.2 Å². The molecule has 1 aromatic rings. The molecular weight excluding hydrogens is 176 g/mol. The lowest BCUT2D eigenvalue weighted by molar-refractivity contribution is 0.0598. The SMILES string of the molecule is COC(=O)c1ccccc1C(C)(C)C. The first kappa shape index (κ1) is 10.8. The Labute approximate surface area is 84.9 Å². The zero-order valence-electron chi connectivity index (χ0n) is 9.13. The quantitative estimate of drug-likeness (QED) is 0.639. The summed E-state index contributed by atoms with van der Waals surface area (Å²) in [6, 6.07) is 7.55. The van der Waals surface area contributed by atoms with Crippen LogP contribution in [0.5, 0.6) is 0 Å². The summed E-state index contributed by atoms with van der Waals surface area (Å²) in [5.74, 6) is -0.268. The zero-order chi connectivity index (χ0) is 10.8. The molecule has 0 saturated carbocycles. The van der Waals surface area contributed by atoms with Crippen molar-refractivity contribution in [3.63, 3.8) is 0 Å². The number of hydrogen-bond acceptors (Lipinski definition) is 2. The normalized spacial score (nSPS) is 11.1. The van der Waals surface area contributed by atoms with E-state index in [-0.39, 0.29) is 11.4 Å². The number of carbonyl (C=O) groups is 1. The van der Waals surface area contributed by atoms with Crippen molar-refractivity contribution in [2.75, 3.05) is 7.11 Å². The van der Waals surface area contributed by atoms with E-state index in [4.69, 9.17) is 4.74 Å². The van der Waals surface area contributed by atoms with Crippen molar-refractivity contribution in [2.45, 2.75) is 26.2 Å². The molecule has 14 heavy (non-hydrogen) atoms. The van der Waals surface area contributed by atoms with Gasteiger partial charge in [0.25, 0.3) is 0 Å². The molecule has 0 fully saturated rings. The van der Waals surface area contributed by atoms with Crippen molar-refractivity contribution in [1.29, 1.82) is 0 Å². The van der Waals surface area contributed by atoms with Gasteiger partial charge in [0.05, 0.1) is 12.7 Å². The van der Waals surface area contributed by atoms with Crippen molar-refractivity contribution in [3.8, 4) is 0 Å². The lowest BCUT2D eigenvalue weighted by Gasteiger charge is -2.21. The molecule has 1 rings (SSSR count). The van der Waals surface area contributed by atoms with E-state index in [9.17, 15) is 4.79 Å². The summed E-state index contributed by atoms with van der Waals surface area (Å²) in [4.78, 5) is 11.5. The fourth-order valence-electron chi connectivity index (χ4n) is 1.43. The Hall–Kier alpha value is -1.31. The Bertz CT molecular complexity index is 334. The fraction of sp³-hybridized carbons (Fsp3) is 0.417. The molecule has 0 radical (unpaired) electrons. The van der Waals surface area contributed by atoms with E-state index in [0.29, 0.717) is 5.56 Å². The van der Waals surface area contributed by atoms with E-state index >= 15 is 0 Å². The summed E-state index contributed by atoms with van der Waals surface area (Å²) in [7, 11) is 1.40. The maximum atomic E-state index is 11.5. The Balaban J connectivity index is 3.23. The van der Waals surface area contributed by atoms with Crippen molar-refractivity contribution in [2.24, 2.45) is 0 Å². The van der Waals surface area contributed by atoms with Gasteiger partial charge in [0.15, 0.2) is 0 Å². The topological polar surface area (TPSA) is 26.3 Å². The van der Waals surface area contributed by atoms with Gasteiger partial charge < -0.3 is 4.74 Å². The van der Waals surface area contributed by atoms with Crippen LogP contribution in [0.25, 0.3) is 0 Å². The van der Waals surface area contributed by atoms with Crippen LogP contribution >= 0.6 is 0 Å². The van der Waals surface area contributed by atoms with Crippen molar-refractivity contribution in [1.82, 2.24) is 0 Å². The van der Waals surface area contributed by atoms with E-state index in [2.05, 4.69) is 20.8 Å². The van der Waals surface area contributed by atoms with Crippen LogP contribution < -0.4 is 0 Å². The van der Waals surface area contributed by atoms with Crippen LogP contribution in [0.1, 0.15) is 36.7 Å². The van der Waals surface area contributed by atoms with E-state index < -0.39 is 0 Å². The van der Waals surface area contributed by atoms with Crippen molar-refractivity contribution >= 4 is 5.97 Å². The van der Waals surface area contributed by atoms with Gasteiger partial charge in [0.2, 0.25) is 0 Å². The molecular formula is C12H16O2. The summed E-state index contributed by atoms with van der Waals surface area (Å²) in [5, 5.41) is 0. The first-order chi connectivity index (χ1) is 6.46. The highest BCUT2D eigenvalue weighted by atomic mass is 16.5. The Kier molecular flexibility index (Phi) is 2.94. The lowest BCUT2D eigenvalue weighted by Crippen LogP contribution is -2.17. The van der Waals surface area contributed by atoms with Gasteiger partial charge in [-0.3, -0.25) is 0 Å². The zero-order valence-corrected chi connectivity index (χ0v) is 9.13. The molecule has 0 saturated heterocycles. The molecule has 0 aliphatic heterocycles. The maximum Gasteiger partial charge on any atom is 0.338 e. The van der Waals surface area contributed by atoms with Gasteiger partial charge in [0, 0.05) is 0 Å². The molecule has 0 N–H and O–H groups in total. The van der Waals surface area contributed by atoms with E-state index in [1.54, 1.807) is 6.07 Å². The second kappa shape index (κ2) is 3.82. The average molecular weight is 192 g/mol. The minimum atomic E-state index is -0.268. The van der Waals surface area contributed by atoms with E-state index in [1.807, 2.05) is 18.2 Å². The number of rotatable bonds is 1. The molecule has 0 unspecified atom stereocenters. The van der Waals surface area contributed by atoms with Crippen LogP contribution in [0.15, 0.2) is 24.3 Å². The average Bonchev–Trinajstić information content (AvgIpc) is 2.15. The first-order valence-corrected chi connectivity index (χ1v) is 4.64. The number of benzene rings is 1. The standard InChI is InChI=1S/C12H16O2/c1-12(2,3)10-8-6-5-7-9(10)11(13)14-4/h5-8H,1-4H3. The lowest BCUT2D eigenvalue weighted by atomic mass is 9.84. The highest BCUT2D eigenvalue weighted by Crippen LogP contribution is 2.25. The van der Waals surface area contributed by atoms with Crippen LogP contribution in [0.2, 0.25) is 0 Å². The van der Waals surface area contributed by atoms with E-state index in [0.717, 1.165) is 5.56 Å². The van der Waals surface area contributed by atoms with Gasteiger partial charge in [0.1, 0.15) is 0 Å². The van der Waals surface area contributed by atoms with Crippen molar-refractivity contribution in [3.05, 3.63) is 35.4 Å². The molecule has 0 spiro atoms. The largest absolute Gasteiger partial charge is 0.465 e. The second-order valence-electron chi connectivity index (χ2n) is 4.29. The Morgan fingerprint density at radius 2 is 1.79 bits per heavy atom. The minimum Gasteiger partial charge on any atom is -0.465 e. The number of ether oxygens (including phenoxy) is 1. The van der Waals surface area contributed by atoms with Gasteiger partial charge in [-0.15, -0.1) is 0 Å². The molecule has 76 valence electrons. The van der Waals surface area contributed by atoms with Crippen LogP contribution in [0, 0.1) is 0 Å².